The number of piperidine rings is 1. The highest BCUT2D eigenvalue weighted by atomic mass is 16.2. The van der Waals surface area contributed by atoms with Gasteiger partial charge in [0, 0.05) is 50.6 Å². The van der Waals surface area contributed by atoms with Gasteiger partial charge in [0.05, 0.1) is 0 Å². The van der Waals surface area contributed by atoms with Crippen molar-refractivity contribution in [2.45, 2.75) is 57.5 Å². The molecule has 0 aliphatic carbocycles. The zero-order chi connectivity index (χ0) is 20.1. The summed E-state index contributed by atoms with van der Waals surface area (Å²) in [5.41, 5.74) is 0.680. The Hall–Kier alpha value is -2.22. The van der Waals surface area contributed by atoms with Crippen molar-refractivity contribution in [1.82, 2.24) is 29.6 Å². The molecule has 0 spiro atoms. The number of fused-ring (bicyclic) bond motifs is 1. The van der Waals surface area contributed by atoms with Crippen LogP contribution in [0.25, 0.3) is 5.65 Å². The van der Waals surface area contributed by atoms with Gasteiger partial charge < -0.3 is 9.80 Å². The topological polar surface area (TPSA) is 69.9 Å². The third kappa shape index (κ3) is 3.45. The van der Waals surface area contributed by atoms with Gasteiger partial charge in [0.15, 0.2) is 11.5 Å². The summed E-state index contributed by atoms with van der Waals surface area (Å²) in [5.74, 6) is 2.12. The molecule has 1 amide bonds. The van der Waals surface area contributed by atoms with Crippen LogP contribution in [0.5, 0.6) is 0 Å². The number of rotatable bonds is 4. The fourth-order valence-electron chi connectivity index (χ4n) is 4.09. The maximum Gasteiger partial charge on any atom is 0.222 e. The molecule has 1 unspecified atom stereocenters. The summed E-state index contributed by atoms with van der Waals surface area (Å²) < 4.78 is 1.87. The Morgan fingerprint density at radius 2 is 1.96 bits per heavy atom. The van der Waals surface area contributed by atoms with Gasteiger partial charge in [-0.3, -0.25) is 9.69 Å². The van der Waals surface area contributed by atoms with E-state index in [0.717, 1.165) is 49.8 Å². The Labute approximate surface area is 166 Å². The maximum absolute atomic E-state index is 11.9. The van der Waals surface area contributed by atoms with Crippen LogP contribution in [0.1, 0.15) is 45.9 Å². The van der Waals surface area contributed by atoms with Crippen molar-refractivity contribution in [3.05, 3.63) is 18.0 Å². The van der Waals surface area contributed by atoms with Crippen molar-refractivity contribution < 1.29 is 4.79 Å². The molecular weight excluding hydrogens is 354 g/mol. The Morgan fingerprint density at radius 1 is 1.21 bits per heavy atom. The van der Waals surface area contributed by atoms with Gasteiger partial charge in [-0.15, -0.1) is 15.3 Å². The van der Waals surface area contributed by atoms with Gasteiger partial charge in [-0.2, -0.15) is 4.52 Å². The van der Waals surface area contributed by atoms with Crippen molar-refractivity contribution in [2.75, 3.05) is 38.6 Å². The van der Waals surface area contributed by atoms with E-state index in [-0.39, 0.29) is 11.3 Å². The van der Waals surface area contributed by atoms with Crippen LogP contribution in [0.4, 0.5) is 5.82 Å². The molecule has 0 aromatic carbocycles. The van der Waals surface area contributed by atoms with Gasteiger partial charge in [-0.05, 0) is 32.0 Å². The summed E-state index contributed by atoms with van der Waals surface area (Å²) >= 11 is 0. The van der Waals surface area contributed by atoms with E-state index in [2.05, 4.69) is 47.8 Å². The number of hydrogen-bond acceptors (Lipinski definition) is 6. The number of likely N-dealkylation sites (N-methyl/N-ethyl adjacent to an activating group) is 2. The lowest BCUT2D eigenvalue weighted by Crippen LogP contribution is -2.61. The first-order chi connectivity index (χ1) is 13.2. The zero-order valence-electron chi connectivity index (χ0n) is 17.6. The number of anilines is 1. The normalized spacial score (nSPS) is 21.6. The Balaban J connectivity index is 1.40. The Bertz CT molecular complexity index is 865. The van der Waals surface area contributed by atoms with Crippen molar-refractivity contribution in [2.24, 2.45) is 0 Å². The van der Waals surface area contributed by atoms with Crippen molar-refractivity contribution in [3.63, 3.8) is 0 Å². The number of aromatic nitrogens is 4. The highest BCUT2D eigenvalue weighted by Crippen LogP contribution is 2.25. The fourth-order valence-corrected chi connectivity index (χ4v) is 4.09. The number of likely N-dealkylation sites (tertiary alicyclic amines) is 1. The van der Waals surface area contributed by atoms with E-state index in [1.807, 2.05) is 28.6 Å². The first-order valence-electron chi connectivity index (χ1n) is 10.2. The van der Waals surface area contributed by atoms with E-state index >= 15 is 0 Å². The minimum absolute atomic E-state index is 0.105. The van der Waals surface area contributed by atoms with Crippen LogP contribution in [0.2, 0.25) is 0 Å². The third-order valence-electron chi connectivity index (χ3n) is 6.10. The van der Waals surface area contributed by atoms with Gasteiger partial charge in [-0.1, -0.05) is 20.8 Å². The van der Waals surface area contributed by atoms with E-state index in [4.69, 9.17) is 5.10 Å². The minimum Gasteiger partial charge on any atom is -0.352 e. The number of carbonyl (C=O) groups excluding carboxylic acids is 1. The predicted molar refractivity (Wildman–Crippen MR) is 109 cm³/mol. The first-order valence-corrected chi connectivity index (χ1v) is 10.2. The first kappa shape index (κ1) is 19.1. The largest absolute Gasteiger partial charge is 0.352 e. The second-order valence-electron chi connectivity index (χ2n) is 9.28. The Kier molecular flexibility index (Phi) is 4.77. The molecule has 152 valence electrons. The molecule has 4 heterocycles. The van der Waals surface area contributed by atoms with Crippen LogP contribution in [0, 0.1) is 0 Å². The van der Waals surface area contributed by atoms with Crippen LogP contribution in [-0.2, 0) is 10.2 Å². The monoisotopic (exact) mass is 385 g/mol. The van der Waals surface area contributed by atoms with Crippen LogP contribution >= 0.6 is 0 Å². The second kappa shape index (κ2) is 6.99. The van der Waals surface area contributed by atoms with Crippen LogP contribution < -0.4 is 4.90 Å². The van der Waals surface area contributed by atoms with Crippen LogP contribution in [-0.4, -0.2) is 81.3 Å². The predicted octanol–water partition coefficient (Wildman–Crippen LogP) is 1.55. The smallest absolute Gasteiger partial charge is 0.222 e. The van der Waals surface area contributed by atoms with Gasteiger partial charge >= 0.3 is 0 Å². The molecule has 4 rings (SSSR count). The van der Waals surface area contributed by atoms with Crippen LogP contribution in [0.15, 0.2) is 12.1 Å². The number of hydrogen-bond donors (Lipinski definition) is 0. The summed E-state index contributed by atoms with van der Waals surface area (Å²) in [6.45, 7) is 9.21. The van der Waals surface area contributed by atoms with Gasteiger partial charge in [0.1, 0.15) is 5.82 Å². The lowest BCUT2D eigenvalue weighted by molar-refractivity contribution is -0.135. The average molecular weight is 386 g/mol. The molecule has 2 aromatic heterocycles. The minimum atomic E-state index is -0.105. The fraction of sp³-hybridized carbons (Fsp3) is 0.700. The summed E-state index contributed by atoms with van der Waals surface area (Å²) in [6.07, 6.45) is 2.81. The highest BCUT2D eigenvalue weighted by Gasteiger charge is 2.34. The van der Waals surface area contributed by atoms with E-state index < -0.39 is 0 Å². The van der Waals surface area contributed by atoms with Crippen molar-refractivity contribution >= 4 is 17.4 Å². The molecule has 2 aromatic rings. The van der Waals surface area contributed by atoms with Crippen LogP contribution in [0.3, 0.4) is 0 Å². The lowest BCUT2D eigenvalue weighted by Gasteiger charge is -2.46. The maximum atomic E-state index is 11.9. The molecule has 0 saturated carbocycles. The van der Waals surface area contributed by atoms with Gasteiger partial charge in [-0.25, -0.2) is 0 Å². The Morgan fingerprint density at radius 3 is 2.68 bits per heavy atom. The summed E-state index contributed by atoms with van der Waals surface area (Å²) in [6, 6.07) is 4.84. The molecule has 0 bridgehead atoms. The average Bonchev–Trinajstić information content (AvgIpc) is 3.01. The molecular formula is C20H31N7O. The van der Waals surface area contributed by atoms with Gasteiger partial charge in [0.25, 0.3) is 0 Å². The van der Waals surface area contributed by atoms with E-state index in [1.54, 1.807) is 0 Å². The van der Waals surface area contributed by atoms with E-state index in [1.165, 1.54) is 0 Å². The summed E-state index contributed by atoms with van der Waals surface area (Å²) in [4.78, 5) is 18.6. The number of nitrogens with zero attached hydrogens (tertiary/aromatic N) is 7. The summed E-state index contributed by atoms with van der Waals surface area (Å²) in [7, 11) is 4.11. The summed E-state index contributed by atoms with van der Waals surface area (Å²) in [5, 5.41) is 13.4. The molecule has 8 heteroatoms. The molecule has 2 saturated heterocycles. The lowest BCUT2D eigenvalue weighted by atomic mass is 9.96. The zero-order valence-corrected chi connectivity index (χ0v) is 17.6. The van der Waals surface area contributed by atoms with Crippen molar-refractivity contribution in [1.29, 1.82) is 0 Å². The van der Waals surface area contributed by atoms with Crippen molar-refractivity contribution in [3.8, 4) is 0 Å². The SMILES string of the molecule is CN(CC1CCCC(=O)N1C)C1CN(c2ccc3nnc(C(C)(C)C)n3n2)C1. The molecule has 2 aliphatic heterocycles. The van der Waals surface area contributed by atoms with E-state index in [9.17, 15) is 4.79 Å². The highest BCUT2D eigenvalue weighted by molar-refractivity contribution is 5.76. The standard InChI is InChI=1S/C20H31N7O/c1-20(2,3)19-22-21-16-9-10-17(23-27(16)19)26-12-15(13-26)24(4)11-14-7-6-8-18(28)25(14)5/h9-10,14-15H,6-8,11-13H2,1-5H3. The number of carbonyl (C=O) groups is 1. The molecule has 28 heavy (non-hydrogen) atoms. The molecule has 2 fully saturated rings. The van der Waals surface area contributed by atoms with E-state index in [0.29, 0.717) is 18.5 Å². The molecule has 1 atom stereocenters. The quantitative estimate of drug-likeness (QED) is 0.795. The number of amides is 1. The molecule has 8 nitrogen and oxygen atoms in total. The molecule has 0 radical (unpaired) electrons. The molecule has 0 N–H and O–H groups in total. The molecule has 2 aliphatic rings. The third-order valence-corrected chi connectivity index (χ3v) is 6.10. The second-order valence-corrected chi connectivity index (χ2v) is 9.28. The van der Waals surface area contributed by atoms with Gasteiger partial charge in [0.2, 0.25) is 5.91 Å².